The molecule has 0 amide bonds. The number of hydrogen-bond acceptors (Lipinski definition) is 3. The third-order valence-corrected chi connectivity index (χ3v) is 2.33. The Morgan fingerprint density at radius 1 is 1.57 bits per heavy atom. The molecule has 80 valence electrons. The minimum atomic E-state index is 0.210. The number of nitrogens with zero attached hydrogens (tertiary/aromatic N) is 2. The Balaban J connectivity index is 2.31. The highest BCUT2D eigenvalue weighted by atomic mass is 16.3. The maximum absolute atomic E-state index is 8.83. The lowest BCUT2D eigenvalue weighted by atomic mass is 10.2. The lowest BCUT2D eigenvalue weighted by Crippen LogP contribution is -2.29. The summed E-state index contributed by atoms with van der Waals surface area (Å²) in [5, 5.41) is 8.83. The van der Waals surface area contributed by atoms with Crippen LogP contribution in [0, 0.1) is 0 Å². The topological polar surface area (TPSA) is 35.8 Å². The van der Waals surface area contributed by atoms with Gasteiger partial charge >= 0.3 is 0 Å². The molecule has 3 nitrogen and oxygen atoms in total. The minimum absolute atomic E-state index is 0.210. The third kappa shape index (κ3) is 3.50. The van der Waals surface area contributed by atoms with Crippen molar-refractivity contribution in [1.29, 1.82) is 0 Å². The molecule has 1 N–H and O–H groups in total. The summed E-state index contributed by atoms with van der Waals surface area (Å²) in [5.41, 5.74) is 0. The van der Waals surface area contributed by atoms with Crippen LogP contribution in [0.15, 0.2) is 17.1 Å². The zero-order valence-electron chi connectivity index (χ0n) is 8.95. The summed E-state index contributed by atoms with van der Waals surface area (Å²) < 4.78 is 0. The lowest BCUT2D eigenvalue weighted by molar-refractivity contribution is 0.257. The van der Waals surface area contributed by atoms with E-state index in [1.54, 1.807) is 0 Å². The first kappa shape index (κ1) is 11.2. The average molecular weight is 196 g/mol. The van der Waals surface area contributed by atoms with E-state index < -0.39 is 0 Å². The molecular formula is C11H20N2O. The number of β-amino-alcohol motifs (C(OH)–C–C–N with tert-alkyl or cyclic N) is 1. The van der Waals surface area contributed by atoms with Crippen molar-refractivity contribution in [2.24, 2.45) is 4.99 Å². The van der Waals surface area contributed by atoms with Crippen molar-refractivity contribution < 1.29 is 5.11 Å². The van der Waals surface area contributed by atoms with Gasteiger partial charge in [-0.05, 0) is 12.5 Å². The van der Waals surface area contributed by atoms with E-state index in [-0.39, 0.29) is 6.61 Å². The normalized spacial score (nSPS) is 16.7. The molecule has 0 unspecified atom stereocenters. The van der Waals surface area contributed by atoms with Gasteiger partial charge < -0.3 is 10.0 Å². The Bertz CT molecular complexity index is 211. The van der Waals surface area contributed by atoms with Gasteiger partial charge in [0.25, 0.3) is 0 Å². The fraction of sp³-hybridized carbons (Fsp3) is 0.727. The van der Waals surface area contributed by atoms with Crippen molar-refractivity contribution in [3.05, 3.63) is 12.2 Å². The quantitative estimate of drug-likeness (QED) is 0.652. The molecule has 0 aromatic carbocycles. The number of hydrogen-bond donors (Lipinski definition) is 1. The summed E-state index contributed by atoms with van der Waals surface area (Å²) in [6, 6.07) is 0. The molecule has 0 atom stereocenters. The number of amidine groups is 1. The van der Waals surface area contributed by atoms with Crippen LogP contribution >= 0.6 is 0 Å². The van der Waals surface area contributed by atoms with Gasteiger partial charge in [-0.3, -0.25) is 4.99 Å². The second kappa shape index (κ2) is 6.60. The van der Waals surface area contributed by atoms with Crippen LogP contribution in [0.1, 0.15) is 26.2 Å². The highest BCUT2D eigenvalue weighted by Crippen LogP contribution is 2.03. The number of aliphatic hydroxyl groups excluding tert-OH is 1. The predicted octanol–water partition coefficient (Wildman–Crippen LogP) is 1.44. The van der Waals surface area contributed by atoms with Crippen molar-refractivity contribution in [1.82, 2.24) is 4.90 Å². The number of allylic oxidation sites excluding steroid dienone is 1. The summed E-state index contributed by atoms with van der Waals surface area (Å²) in [4.78, 5) is 6.51. The van der Waals surface area contributed by atoms with E-state index in [1.807, 2.05) is 0 Å². The van der Waals surface area contributed by atoms with Gasteiger partial charge in [0.05, 0.1) is 13.2 Å². The van der Waals surface area contributed by atoms with Gasteiger partial charge in [0.1, 0.15) is 5.84 Å². The Kier molecular flexibility index (Phi) is 5.30. The summed E-state index contributed by atoms with van der Waals surface area (Å²) in [7, 11) is 0. The van der Waals surface area contributed by atoms with Crippen LogP contribution in [-0.4, -0.2) is 42.1 Å². The summed E-state index contributed by atoms with van der Waals surface area (Å²) in [6.45, 7) is 4.93. The highest BCUT2D eigenvalue weighted by molar-refractivity contribution is 5.94. The molecule has 1 heterocycles. The first-order valence-corrected chi connectivity index (χ1v) is 5.45. The zero-order valence-corrected chi connectivity index (χ0v) is 8.95. The van der Waals surface area contributed by atoms with E-state index in [0.29, 0.717) is 6.54 Å². The monoisotopic (exact) mass is 196 g/mol. The molecule has 3 heteroatoms. The van der Waals surface area contributed by atoms with Crippen LogP contribution in [0.2, 0.25) is 0 Å². The molecule has 0 aliphatic carbocycles. The molecule has 0 spiro atoms. The van der Waals surface area contributed by atoms with Crippen LogP contribution in [-0.2, 0) is 0 Å². The predicted molar refractivity (Wildman–Crippen MR) is 59.6 cm³/mol. The zero-order chi connectivity index (χ0) is 10.2. The Morgan fingerprint density at radius 3 is 3.14 bits per heavy atom. The summed E-state index contributed by atoms with van der Waals surface area (Å²) in [6.07, 6.45) is 7.86. The molecule has 1 aliphatic heterocycles. The molecule has 0 fully saturated rings. The van der Waals surface area contributed by atoms with Crippen LogP contribution < -0.4 is 0 Å². The molecule has 0 saturated carbocycles. The largest absolute Gasteiger partial charge is 0.395 e. The molecule has 0 saturated heterocycles. The van der Waals surface area contributed by atoms with Crippen molar-refractivity contribution in [3.8, 4) is 0 Å². The van der Waals surface area contributed by atoms with E-state index in [2.05, 4.69) is 29.0 Å². The molecule has 14 heavy (non-hydrogen) atoms. The van der Waals surface area contributed by atoms with Crippen LogP contribution in [0.5, 0.6) is 0 Å². The summed E-state index contributed by atoms with van der Waals surface area (Å²) in [5.74, 6) is 1.04. The maximum atomic E-state index is 8.83. The molecule has 0 bridgehead atoms. The molecule has 0 radical (unpaired) electrons. The Labute approximate surface area is 86.1 Å². The van der Waals surface area contributed by atoms with E-state index in [4.69, 9.17) is 5.11 Å². The third-order valence-electron chi connectivity index (χ3n) is 2.33. The Morgan fingerprint density at radius 2 is 2.43 bits per heavy atom. The smallest absolute Gasteiger partial charge is 0.123 e. The van der Waals surface area contributed by atoms with E-state index in [0.717, 1.165) is 25.3 Å². The fourth-order valence-corrected chi connectivity index (χ4v) is 1.52. The van der Waals surface area contributed by atoms with Crippen molar-refractivity contribution in [2.45, 2.75) is 26.2 Å². The van der Waals surface area contributed by atoms with Gasteiger partial charge in [-0.2, -0.15) is 0 Å². The maximum Gasteiger partial charge on any atom is 0.123 e. The minimum Gasteiger partial charge on any atom is -0.395 e. The molecular weight excluding hydrogens is 176 g/mol. The standard InChI is InChI=1S/C11H20N2O/c1-2-3-4-5-6-11-12-7-8-13(11)9-10-14/h5-6,14H,2-4,7-10H2,1H3. The first-order chi connectivity index (χ1) is 6.88. The fourth-order valence-electron chi connectivity index (χ4n) is 1.52. The number of unbranched alkanes of at least 4 members (excludes halogenated alkanes) is 2. The second-order valence-electron chi connectivity index (χ2n) is 3.50. The average Bonchev–Trinajstić information content (AvgIpc) is 2.61. The van der Waals surface area contributed by atoms with Crippen molar-refractivity contribution in [3.63, 3.8) is 0 Å². The van der Waals surface area contributed by atoms with Crippen LogP contribution in [0.25, 0.3) is 0 Å². The molecule has 1 aliphatic rings. The Hall–Kier alpha value is -0.830. The van der Waals surface area contributed by atoms with Crippen LogP contribution in [0.4, 0.5) is 0 Å². The van der Waals surface area contributed by atoms with Gasteiger partial charge in [-0.25, -0.2) is 0 Å². The number of rotatable bonds is 6. The van der Waals surface area contributed by atoms with E-state index in [9.17, 15) is 0 Å². The highest BCUT2D eigenvalue weighted by Gasteiger charge is 2.12. The van der Waals surface area contributed by atoms with E-state index >= 15 is 0 Å². The SMILES string of the molecule is CCCCC=CC1=NCCN1CCO. The van der Waals surface area contributed by atoms with Gasteiger partial charge in [-0.1, -0.05) is 25.8 Å². The number of aliphatic imine (C=N–C) groups is 1. The van der Waals surface area contributed by atoms with Gasteiger partial charge in [-0.15, -0.1) is 0 Å². The second-order valence-corrected chi connectivity index (χ2v) is 3.50. The molecule has 0 aromatic rings. The van der Waals surface area contributed by atoms with Gasteiger partial charge in [0.15, 0.2) is 0 Å². The lowest BCUT2D eigenvalue weighted by Gasteiger charge is -2.16. The van der Waals surface area contributed by atoms with Crippen molar-refractivity contribution in [2.75, 3.05) is 26.2 Å². The molecule has 0 aromatic heterocycles. The van der Waals surface area contributed by atoms with Crippen LogP contribution in [0.3, 0.4) is 0 Å². The first-order valence-electron chi connectivity index (χ1n) is 5.45. The van der Waals surface area contributed by atoms with Gasteiger partial charge in [0.2, 0.25) is 0 Å². The van der Waals surface area contributed by atoms with Gasteiger partial charge in [0, 0.05) is 13.1 Å². The van der Waals surface area contributed by atoms with E-state index in [1.165, 1.54) is 12.8 Å². The number of aliphatic hydroxyl groups is 1. The molecule has 1 rings (SSSR count). The van der Waals surface area contributed by atoms with Crippen molar-refractivity contribution >= 4 is 5.84 Å². The summed E-state index contributed by atoms with van der Waals surface area (Å²) >= 11 is 0.